The van der Waals surface area contributed by atoms with Crippen LogP contribution >= 0.6 is 0 Å². The minimum atomic E-state index is -0.655. The lowest BCUT2D eigenvalue weighted by atomic mass is 9.82. The van der Waals surface area contributed by atoms with Crippen molar-refractivity contribution < 1.29 is 9.18 Å². The van der Waals surface area contributed by atoms with E-state index >= 15 is 0 Å². The SMILES string of the molecule is CC(C)(C(=O)N1CCC(Nc2cccnc2)CC1)c1ccc(F)cc1. The van der Waals surface area contributed by atoms with Crippen molar-refractivity contribution in [3.05, 3.63) is 60.2 Å². The van der Waals surface area contributed by atoms with Gasteiger partial charge in [-0.05, 0) is 56.5 Å². The second kappa shape index (κ2) is 7.21. The van der Waals surface area contributed by atoms with Gasteiger partial charge in [-0.2, -0.15) is 0 Å². The molecule has 0 bridgehead atoms. The zero-order chi connectivity index (χ0) is 17.9. The van der Waals surface area contributed by atoms with Crippen LogP contribution in [-0.4, -0.2) is 34.9 Å². The molecule has 2 aromatic rings. The molecule has 0 saturated carbocycles. The van der Waals surface area contributed by atoms with E-state index in [2.05, 4.69) is 10.3 Å². The van der Waals surface area contributed by atoms with Gasteiger partial charge in [0.2, 0.25) is 5.91 Å². The largest absolute Gasteiger partial charge is 0.381 e. The van der Waals surface area contributed by atoms with Crippen LogP contribution in [0.2, 0.25) is 0 Å². The van der Waals surface area contributed by atoms with Gasteiger partial charge in [-0.15, -0.1) is 0 Å². The standard InChI is InChI=1S/C20H24FN3O/c1-20(2,15-5-7-16(21)8-6-15)19(25)24-12-9-17(10-13-24)23-18-4-3-11-22-14-18/h3-8,11,14,17,23H,9-10,12-13H2,1-2H3. The molecular formula is C20H24FN3O. The lowest BCUT2D eigenvalue weighted by Crippen LogP contribution is -2.48. The van der Waals surface area contributed by atoms with Crippen LogP contribution in [0, 0.1) is 5.82 Å². The first kappa shape index (κ1) is 17.4. The van der Waals surface area contributed by atoms with Crippen LogP contribution in [0.1, 0.15) is 32.3 Å². The topological polar surface area (TPSA) is 45.2 Å². The molecule has 1 amide bonds. The molecule has 0 unspecified atom stereocenters. The van der Waals surface area contributed by atoms with Crippen molar-refractivity contribution in [2.75, 3.05) is 18.4 Å². The number of hydrogen-bond donors (Lipinski definition) is 1. The van der Waals surface area contributed by atoms with Crippen LogP contribution in [0.4, 0.5) is 10.1 Å². The maximum Gasteiger partial charge on any atom is 0.232 e. The normalized spacial score (nSPS) is 15.9. The van der Waals surface area contributed by atoms with E-state index in [0.717, 1.165) is 37.2 Å². The minimum Gasteiger partial charge on any atom is -0.381 e. The number of benzene rings is 1. The van der Waals surface area contributed by atoms with Gasteiger partial charge in [0.15, 0.2) is 0 Å². The van der Waals surface area contributed by atoms with Gasteiger partial charge in [-0.3, -0.25) is 9.78 Å². The molecule has 0 aliphatic carbocycles. The molecule has 4 nitrogen and oxygen atoms in total. The van der Waals surface area contributed by atoms with Gasteiger partial charge in [-0.1, -0.05) is 12.1 Å². The summed E-state index contributed by atoms with van der Waals surface area (Å²) in [6.07, 6.45) is 5.37. The zero-order valence-corrected chi connectivity index (χ0v) is 14.7. The highest BCUT2D eigenvalue weighted by molar-refractivity contribution is 5.87. The molecule has 2 heterocycles. The molecular weight excluding hydrogens is 317 g/mol. The number of halogens is 1. The van der Waals surface area contributed by atoms with Crippen LogP contribution in [0.5, 0.6) is 0 Å². The Morgan fingerprint density at radius 2 is 1.88 bits per heavy atom. The first-order chi connectivity index (χ1) is 12.0. The molecule has 1 aromatic heterocycles. The van der Waals surface area contributed by atoms with Gasteiger partial charge in [0.05, 0.1) is 11.1 Å². The second-order valence-corrected chi connectivity index (χ2v) is 7.08. The van der Waals surface area contributed by atoms with E-state index < -0.39 is 5.41 Å². The van der Waals surface area contributed by atoms with Gasteiger partial charge >= 0.3 is 0 Å². The van der Waals surface area contributed by atoms with E-state index in [9.17, 15) is 9.18 Å². The van der Waals surface area contributed by atoms with Gasteiger partial charge < -0.3 is 10.2 Å². The third-order valence-electron chi connectivity index (χ3n) is 4.92. The molecule has 1 aliphatic heterocycles. The van der Waals surface area contributed by atoms with Gasteiger partial charge in [0.1, 0.15) is 5.82 Å². The number of piperidine rings is 1. The van der Waals surface area contributed by atoms with E-state index in [1.165, 1.54) is 12.1 Å². The molecule has 0 atom stereocenters. The molecule has 132 valence electrons. The fraction of sp³-hybridized carbons (Fsp3) is 0.400. The highest BCUT2D eigenvalue weighted by Crippen LogP contribution is 2.28. The number of carbonyl (C=O) groups excluding carboxylic acids is 1. The molecule has 1 aromatic carbocycles. The summed E-state index contributed by atoms with van der Waals surface area (Å²) >= 11 is 0. The van der Waals surface area contributed by atoms with Gasteiger partial charge in [-0.25, -0.2) is 4.39 Å². The summed E-state index contributed by atoms with van der Waals surface area (Å²) in [5.41, 5.74) is 1.20. The summed E-state index contributed by atoms with van der Waals surface area (Å²) in [5, 5.41) is 3.47. The van der Waals surface area contributed by atoms with Gasteiger partial charge in [0, 0.05) is 31.5 Å². The van der Waals surface area contributed by atoms with Crippen molar-refractivity contribution >= 4 is 11.6 Å². The maximum atomic E-state index is 13.1. The molecule has 0 spiro atoms. The van der Waals surface area contributed by atoms with E-state index in [0.29, 0.717) is 6.04 Å². The summed E-state index contributed by atoms with van der Waals surface area (Å²) in [7, 11) is 0. The first-order valence-electron chi connectivity index (χ1n) is 8.69. The van der Waals surface area contributed by atoms with Crippen molar-refractivity contribution in [1.29, 1.82) is 0 Å². The predicted octanol–water partition coefficient (Wildman–Crippen LogP) is 3.60. The van der Waals surface area contributed by atoms with Gasteiger partial charge in [0.25, 0.3) is 0 Å². The van der Waals surface area contributed by atoms with E-state index in [1.807, 2.05) is 37.1 Å². The number of anilines is 1. The Hall–Kier alpha value is -2.43. The number of pyridine rings is 1. The fourth-order valence-corrected chi connectivity index (χ4v) is 3.30. The van der Waals surface area contributed by atoms with Crippen LogP contribution in [0.25, 0.3) is 0 Å². The molecule has 1 aliphatic rings. The smallest absolute Gasteiger partial charge is 0.232 e. The van der Waals surface area contributed by atoms with Crippen LogP contribution in [0.3, 0.4) is 0 Å². The van der Waals surface area contributed by atoms with Crippen molar-refractivity contribution in [3.8, 4) is 0 Å². The average Bonchev–Trinajstić information content (AvgIpc) is 2.63. The summed E-state index contributed by atoms with van der Waals surface area (Å²) in [4.78, 5) is 19.0. The number of nitrogens with one attached hydrogen (secondary N) is 1. The quantitative estimate of drug-likeness (QED) is 0.924. The number of rotatable bonds is 4. The molecule has 0 radical (unpaired) electrons. The van der Waals surface area contributed by atoms with Crippen LogP contribution < -0.4 is 5.32 Å². The number of aromatic nitrogens is 1. The third kappa shape index (κ3) is 3.98. The zero-order valence-electron chi connectivity index (χ0n) is 14.7. The van der Waals surface area contributed by atoms with Crippen molar-refractivity contribution in [2.45, 2.75) is 38.1 Å². The van der Waals surface area contributed by atoms with Crippen LogP contribution in [0.15, 0.2) is 48.8 Å². The lowest BCUT2D eigenvalue weighted by molar-refractivity contribution is -0.137. The molecule has 5 heteroatoms. The predicted molar refractivity (Wildman–Crippen MR) is 96.9 cm³/mol. The Morgan fingerprint density at radius 1 is 1.20 bits per heavy atom. The number of nitrogens with zero attached hydrogens (tertiary/aromatic N) is 2. The third-order valence-corrected chi connectivity index (χ3v) is 4.92. The highest BCUT2D eigenvalue weighted by Gasteiger charge is 2.35. The maximum absolute atomic E-state index is 13.1. The summed E-state index contributed by atoms with van der Waals surface area (Å²) in [6.45, 7) is 5.26. The number of amides is 1. The van der Waals surface area contributed by atoms with E-state index in [-0.39, 0.29) is 11.7 Å². The van der Waals surface area contributed by atoms with E-state index in [4.69, 9.17) is 0 Å². The first-order valence-corrected chi connectivity index (χ1v) is 8.69. The lowest BCUT2D eigenvalue weighted by Gasteiger charge is -2.37. The Morgan fingerprint density at radius 3 is 2.48 bits per heavy atom. The average molecular weight is 341 g/mol. The number of likely N-dealkylation sites (tertiary alicyclic amines) is 1. The van der Waals surface area contributed by atoms with Crippen LogP contribution in [-0.2, 0) is 10.2 Å². The van der Waals surface area contributed by atoms with Crippen molar-refractivity contribution in [2.24, 2.45) is 0 Å². The van der Waals surface area contributed by atoms with E-state index in [1.54, 1.807) is 18.3 Å². The molecule has 3 rings (SSSR count). The second-order valence-electron chi connectivity index (χ2n) is 7.08. The highest BCUT2D eigenvalue weighted by atomic mass is 19.1. The Balaban J connectivity index is 1.60. The Labute approximate surface area is 148 Å². The Bertz CT molecular complexity index is 707. The molecule has 25 heavy (non-hydrogen) atoms. The summed E-state index contributed by atoms with van der Waals surface area (Å²) < 4.78 is 13.1. The molecule has 1 fully saturated rings. The monoisotopic (exact) mass is 341 g/mol. The minimum absolute atomic E-state index is 0.0962. The van der Waals surface area contributed by atoms with Crippen molar-refractivity contribution in [3.63, 3.8) is 0 Å². The Kier molecular flexibility index (Phi) is 5.02. The molecule has 1 saturated heterocycles. The summed E-state index contributed by atoms with van der Waals surface area (Å²) in [5.74, 6) is -0.187. The fourth-order valence-electron chi connectivity index (χ4n) is 3.30. The molecule has 1 N–H and O–H groups in total. The number of hydrogen-bond acceptors (Lipinski definition) is 3. The van der Waals surface area contributed by atoms with Crippen molar-refractivity contribution in [1.82, 2.24) is 9.88 Å². The summed E-state index contributed by atoms with van der Waals surface area (Å²) in [6, 6.07) is 10.5. The number of carbonyl (C=O) groups is 1.